The van der Waals surface area contributed by atoms with Gasteiger partial charge in [-0.1, -0.05) is 11.8 Å². The fourth-order valence-corrected chi connectivity index (χ4v) is 5.32. The Morgan fingerprint density at radius 3 is 2.76 bits per heavy atom. The fourth-order valence-electron chi connectivity index (χ4n) is 4.43. The molecule has 0 unspecified atom stereocenters. The number of aromatic nitrogens is 4. The zero-order valence-electron chi connectivity index (χ0n) is 18.8. The van der Waals surface area contributed by atoms with Crippen molar-refractivity contribution in [2.45, 2.75) is 42.9 Å². The van der Waals surface area contributed by atoms with Crippen LogP contribution in [-0.2, 0) is 4.79 Å². The van der Waals surface area contributed by atoms with E-state index in [0.717, 1.165) is 65.8 Å². The summed E-state index contributed by atoms with van der Waals surface area (Å²) in [6.07, 6.45) is 7.64. The summed E-state index contributed by atoms with van der Waals surface area (Å²) >= 11 is 1.46. The third kappa shape index (κ3) is 4.42. The Morgan fingerprint density at radius 1 is 1.15 bits per heavy atom. The maximum Gasteiger partial charge on any atom is 0.233 e. The molecule has 8 nitrogen and oxygen atoms in total. The summed E-state index contributed by atoms with van der Waals surface area (Å²) in [6.45, 7) is 0.737. The highest BCUT2D eigenvalue weighted by Gasteiger charge is 2.34. The predicted octanol–water partition coefficient (Wildman–Crippen LogP) is 4.15. The standard InChI is InChI=1S/C24H27N5O3S/c1-31-18-9-10-21(32-2)19(13-18)20-6-4-12-28(20)22(30)15-33-24-27-26-23(29(24)17-7-8-17)16-5-3-11-25-14-16/h3,5,9-11,13-14,17,20H,4,6-8,12,15H2,1-2H3/t20-/m1/s1. The summed E-state index contributed by atoms with van der Waals surface area (Å²) in [6, 6.07) is 10.0. The number of nitrogens with zero attached hydrogens (tertiary/aromatic N) is 5. The molecule has 172 valence electrons. The second-order valence-corrected chi connectivity index (χ2v) is 9.23. The summed E-state index contributed by atoms with van der Waals surface area (Å²) in [5.74, 6) is 2.78. The molecule has 2 aliphatic rings. The lowest BCUT2D eigenvalue weighted by Crippen LogP contribution is -2.32. The molecule has 5 rings (SSSR count). The van der Waals surface area contributed by atoms with Crippen molar-refractivity contribution in [2.24, 2.45) is 0 Å². The topological polar surface area (TPSA) is 82.4 Å². The average Bonchev–Trinajstić information content (AvgIpc) is 3.41. The van der Waals surface area contributed by atoms with Crippen LogP contribution in [0.25, 0.3) is 11.4 Å². The Balaban J connectivity index is 1.33. The molecule has 1 atom stereocenters. The molecule has 1 aromatic carbocycles. The first-order valence-corrected chi connectivity index (χ1v) is 12.2. The number of ether oxygens (including phenoxy) is 2. The molecule has 1 saturated heterocycles. The van der Waals surface area contributed by atoms with E-state index in [-0.39, 0.29) is 11.9 Å². The van der Waals surface area contributed by atoms with Crippen LogP contribution in [0.5, 0.6) is 11.5 Å². The number of benzene rings is 1. The highest BCUT2D eigenvalue weighted by Crippen LogP contribution is 2.42. The molecule has 2 aromatic heterocycles. The van der Waals surface area contributed by atoms with Crippen LogP contribution < -0.4 is 9.47 Å². The van der Waals surface area contributed by atoms with Gasteiger partial charge in [-0.05, 0) is 56.0 Å². The molecule has 9 heteroatoms. The first-order valence-electron chi connectivity index (χ1n) is 11.2. The van der Waals surface area contributed by atoms with Crippen LogP contribution in [0.4, 0.5) is 0 Å². The Labute approximate surface area is 197 Å². The minimum Gasteiger partial charge on any atom is -0.497 e. The van der Waals surface area contributed by atoms with Gasteiger partial charge >= 0.3 is 0 Å². The van der Waals surface area contributed by atoms with Crippen LogP contribution in [0.15, 0.2) is 47.9 Å². The highest BCUT2D eigenvalue weighted by molar-refractivity contribution is 7.99. The smallest absolute Gasteiger partial charge is 0.233 e. The molecular formula is C24H27N5O3S. The number of likely N-dealkylation sites (tertiary alicyclic amines) is 1. The van der Waals surface area contributed by atoms with Gasteiger partial charge in [0.1, 0.15) is 11.5 Å². The second kappa shape index (κ2) is 9.43. The van der Waals surface area contributed by atoms with Crippen LogP contribution >= 0.6 is 11.8 Å². The number of methoxy groups -OCH3 is 2. The Morgan fingerprint density at radius 2 is 2.03 bits per heavy atom. The summed E-state index contributed by atoms with van der Waals surface area (Å²) in [4.78, 5) is 19.5. The van der Waals surface area contributed by atoms with E-state index in [1.54, 1.807) is 26.6 Å². The van der Waals surface area contributed by atoms with Crippen LogP contribution in [0.3, 0.4) is 0 Å². The molecular weight excluding hydrogens is 438 g/mol. The van der Waals surface area contributed by atoms with E-state index >= 15 is 0 Å². The molecule has 33 heavy (non-hydrogen) atoms. The van der Waals surface area contributed by atoms with Gasteiger partial charge in [-0.15, -0.1) is 10.2 Å². The molecule has 0 bridgehead atoms. The number of pyridine rings is 1. The van der Waals surface area contributed by atoms with Gasteiger partial charge in [0.25, 0.3) is 0 Å². The van der Waals surface area contributed by atoms with E-state index in [1.165, 1.54) is 11.8 Å². The van der Waals surface area contributed by atoms with Crippen molar-refractivity contribution in [1.82, 2.24) is 24.6 Å². The number of amides is 1. The third-order valence-corrected chi connectivity index (χ3v) is 7.12. The summed E-state index contributed by atoms with van der Waals surface area (Å²) in [5.41, 5.74) is 1.94. The normalized spacial score (nSPS) is 17.9. The molecule has 3 aromatic rings. The zero-order chi connectivity index (χ0) is 22.8. The molecule has 2 fully saturated rings. The SMILES string of the molecule is COc1ccc(OC)c([C@H]2CCCN2C(=O)CSc2nnc(-c3cccnc3)n2C2CC2)c1. The zero-order valence-corrected chi connectivity index (χ0v) is 19.6. The van der Waals surface area contributed by atoms with Crippen molar-refractivity contribution >= 4 is 17.7 Å². The van der Waals surface area contributed by atoms with E-state index in [0.29, 0.717) is 11.8 Å². The number of hydrogen-bond donors (Lipinski definition) is 0. The van der Waals surface area contributed by atoms with E-state index < -0.39 is 0 Å². The number of carbonyl (C=O) groups excluding carboxylic acids is 1. The van der Waals surface area contributed by atoms with Gasteiger partial charge in [0.05, 0.1) is 26.0 Å². The van der Waals surface area contributed by atoms with Gasteiger partial charge < -0.3 is 14.4 Å². The number of thioether (sulfide) groups is 1. The Bertz CT molecular complexity index is 1130. The lowest BCUT2D eigenvalue weighted by Gasteiger charge is -2.26. The van der Waals surface area contributed by atoms with Crippen molar-refractivity contribution in [2.75, 3.05) is 26.5 Å². The summed E-state index contributed by atoms with van der Waals surface area (Å²) < 4.78 is 13.2. The second-order valence-electron chi connectivity index (χ2n) is 8.29. The van der Waals surface area contributed by atoms with Crippen LogP contribution in [-0.4, -0.2) is 57.1 Å². The van der Waals surface area contributed by atoms with Crippen molar-refractivity contribution in [1.29, 1.82) is 0 Å². The minimum atomic E-state index is -0.0181. The van der Waals surface area contributed by atoms with Gasteiger partial charge in [-0.3, -0.25) is 14.3 Å². The maximum absolute atomic E-state index is 13.3. The molecule has 0 N–H and O–H groups in total. The van der Waals surface area contributed by atoms with E-state index in [4.69, 9.17) is 9.47 Å². The van der Waals surface area contributed by atoms with Gasteiger partial charge in [0.2, 0.25) is 5.91 Å². The van der Waals surface area contributed by atoms with Crippen LogP contribution in [0.2, 0.25) is 0 Å². The number of rotatable bonds is 8. The van der Waals surface area contributed by atoms with E-state index in [2.05, 4.69) is 19.7 Å². The quantitative estimate of drug-likeness (QED) is 0.462. The number of hydrogen-bond acceptors (Lipinski definition) is 7. The van der Waals surface area contributed by atoms with Gasteiger partial charge in [-0.2, -0.15) is 0 Å². The maximum atomic E-state index is 13.3. The molecule has 1 aliphatic heterocycles. The third-order valence-electron chi connectivity index (χ3n) is 6.19. The first-order chi connectivity index (χ1) is 16.2. The molecule has 1 aliphatic carbocycles. The first kappa shape index (κ1) is 21.8. The lowest BCUT2D eigenvalue weighted by atomic mass is 10.0. The highest BCUT2D eigenvalue weighted by atomic mass is 32.2. The van der Waals surface area contributed by atoms with Gasteiger partial charge in [0, 0.05) is 36.1 Å². The monoisotopic (exact) mass is 465 g/mol. The van der Waals surface area contributed by atoms with Gasteiger partial charge in [0.15, 0.2) is 11.0 Å². The van der Waals surface area contributed by atoms with E-state index in [1.807, 2.05) is 35.2 Å². The van der Waals surface area contributed by atoms with Crippen LogP contribution in [0.1, 0.15) is 43.3 Å². The number of carbonyl (C=O) groups is 1. The molecule has 1 amide bonds. The minimum absolute atomic E-state index is 0.0181. The van der Waals surface area contributed by atoms with Gasteiger partial charge in [-0.25, -0.2) is 0 Å². The Kier molecular flexibility index (Phi) is 6.22. The lowest BCUT2D eigenvalue weighted by molar-refractivity contribution is -0.129. The molecule has 3 heterocycles. The van der Waals surface area contributed by atoms with Crippen molar-refractivity contribution < 1.29 is 14.3 Å². The van der Waals surface area contributed by atoms with Crippen molar-refractivity contribution in [3.63, 3.8) is 0 Å². The van der Waals surface area contributed by atoms with Crippen molar-refractivity contribution in [3.8, 4) is 22.9 Å². The molecule has 0 radical (unpaired) electrons. The molecule has 0 spiro atoms. The average molecular weight is 466 g/mol. The summed E-state index contributed by atoms with van der Waals surface area (Å²) in [5, 5.41) is 9.64. The largest absolute Gasteiger partial charge is 0.497 e. The fraction of sp³-hybridized carbons (Fsp3) is 0.417. The molecule has 1 saturated carbocycles. The Hall–Kier alpha value is -3.07. The van der Waals surface area contributed by atoms with Crippen LogP contribution in [0, 0.1) is 0 Å². The van der Waals surface area contributed by atoms with E-state index in [9.17, 15) is 4.79 Å². The summed E-state index contributed by atoms with van der Waals surface area (Å²) in [7, 11) is 3.31. The predicted molar refractivity (Wildman–Crippen MR) is 125 cm³/mol. The van der Waals surface area contributed by atoms with Crippen molar-refractivity contribution in [3.05, 3.63) is 48.3 Å².